The Balaban J connectivity index is -0.0000000383. The van der Waals surface area contributed by atoms with Gasteiger partial charge in [0.25, 0.3) is 0 Å². The van der Waals surface area contributed by atoms with Crippen LogP contribution in [0.15, 0.2) is 0 Å². The van der Waals surface area contributed by atoms with E-state index in [2.05, 4.69) is 34.9 Å². The lowest BCUT2D eigenvalue weighted by atomic mass is 10.8. The first-order valence-electron chi connectivity index (χ1n) is 3.00. The van der Waals surface area contributed by atoms with E-state index in [0.29, 0.717) is 0 Å². The topological polar surface area (TPSA) is 3.01 Å². The van der Waals surface area contributed by atoms with E-state index < -0.39 is 0 Å². The van der Waals surface area contributed by atoms with Crippen molar-refractivity contribution in [2.24, 2.45) is 0 Å². The fraction of sp³-hybridized carbons (Fsp3) is 0.667. The van der Waals surface area contributed by atoms with Gasteiger partial charge < -0.3 is 19.3 Å². The number of quaternary nitrogens is 1. The van der Waals surface area contributed by atoms with Gasteiger partial charge in [0.1, 0.15) is 20.8 Å². The maximum Gasteiger partial charge on any atom is 0.131 e. The summed E-state index contributed by atoms with van der Waals surface area (Å²) < 4.78 is 2.75. The summed E-state index contributed by atoms with van der Waals surface area (Å²) in [7, 11) is 12.3. The van der Waals surface area contributed by atoms with Crippen molar-refractivity contribution in [2.45, 2.75) is 0 Å². The van der Waals surface area contributed by atoms with Gasteiger partial charge in [-0.15, -0.1) is 0 Å². The van der Waals surface area contributed by atoms with Crippen molar-refractivity contribution in [3.63, 3.8) is 0 Å². The minimum Gasteiger partial charge on any atom is -0.358 e. The Morgan fingerprint density at radius 1 is 0.909 bits per heavy atom. The summed E-state index contributed by atoms with van der Waals surface area (Å²) in [5, 5.41) is 0. The number of hydrogen-bond donors (Lipinski definition) is 0. The summed E-state index contributed by atoms with van der Waals surface area (Å²) in [6, 6.07) is 0. The van der Waals surface area contributed by atoms with Crippen LogP contribution in [0.25, 0.3) is 0 Å². The average Bonchev–Trinajstić information content (AvgIpc) is 1.19. The SMILES string of the molecule is C=[N+](C)C.C[N+](C)(C)C.[CH3-].[CH3-]. The minimum absolute atomic E-state index is 0. The van der Waals surface area contributed by atoms with E-state index in [0.717, 1.165) is 4.48 Å². The second kappa shape index (κ2) is 9.63. The van der Waals surface area contributed by atoms with E-state index in [9.17, 15) is 0 Å². The molecular weight excluding hydrogens is 136 g/mol. The van der Waals surface area contributed by atoms with E-state index >= 15 is 0 Å². The fourth-order valence-electron chi connectivity index (χ4n) is 0. The highest BCUT2D eigenvalue weighted by Gasteiger charge is 1.88. The number of nitrogens with zero attached hydrogens (tertiary/aromatic N) is 2. The molecular formula is C9H26N2. The van der Waals surface area contributed by atoms with Gasteiger partial charge in [-0.25, -0.2) is 4.58 Å². The zero-order valence-corrected chi connectivity index (χ0v) is 9.60. The van der Waals surface area contributed by atoms with E-state index in [1.54, 1.807) is 4.58 Å². The molecule has 0 aromatic heterocycles. The smallest absolute Gasteiger partial charge is 0.131 e. The Labute approximate surface area is 73.8 Å². The molecule has 11 heavy (non-hydrogen) atoms. The molecule has 0 aromatic rings. The monoisotopic (exact) mass is 162 g/mol. The minimum atomic E-state index is 0. The predicted molar refractivity (Wildman–Crippen MR) is 56.0 cm³/mol. The van der Waals surface area contributed by atoms with Gasteiger partial charge in [-0.05, 0) is 0 Å². The predicted octanol–water partition coefficient (Wildman–Crippen LogP) is 1.18. The molecule has 0 aliphatic rings. The normalized spacial score (nSPS) is 7.82. The Morgan fingerprint density at radius 3 is 0.909 bits per heavy atom. The summed E-state index contributed by atoms with van der Waals surface area (Å²) in [6.45, 7) is 3.47. The number of rotatable bonds is 0. The van der Waals surface area contributed by atoms with Crippen LogP contribution in [-0.4, -0.2) is 58.1 Å². The lowest BCUT2D eigenvalue weighted by Gasteiger charge is -2.14. The maximum atomic E-state index is 3.47. The van der Waals surface area contributed by atoms with Crippen LogP contribution in [0.5, 0.6) is 0 Å². The first-order valence-corrected chi connectivity index (χ1v) is 3.00. The van der Waals surface area contributed by atoms with Crippen LogP contribution in [0.4, 0.5) is 0 Å². The molecule has 0 saturated carbocycles. The van der Waals surface area contributed by atoms with Gasteiger partial charge >= 0.3 is 0 Å². The van der Waals surface area contributed by atoms with Crippen molar-refractivity contribution >= 4 is 6.72 Å². The van der Waals surface area contributed by atoms with Crippen molar-refractivity contribution in [3.8, 4) is 0 Å². The van der Waals surface area contributed by atoms with Crippen molar-refractivity contribution in [2.75, 3.05) is 42.3 Å². The van der Waals surface area contributed by atoms with Gasteiger partial charge in [0.2, 0.25) is 0 Å². The first kappa shape index (κ1) is 22.4. The molecule has 0 N–H and O–H groups in total. The standard InChI is InChI=1S/C4H12N.C3H8N.2CH3/c1-5(2,3)4;1-4(2)3;;/h1-4H3;1H2,2-3H3;2*1H3/q2*+1;2*-1. The molecule has 2 nitrogen and oxygen atoms in total. The van der Waals surface area contributed by atoms with Crippen LogP contribution in [0.2, 0.25) is 0 Å². The maximum absolute atomic E-state index is 3.47. The quantitative estimate of drug-likeness (QED) is 0.218. The van der Waals surface area contributed by atoms with Crippen molar-refractivity contribution in [1.82, 2.24) is 0 Å². The van der Waals surface area contributed by atoms with Crippen LogP contribution >= 0.6 is 0 Å². The Hall–Kier alpha value is -0.370. The van der Waals surface area contributed by atoms with Crippen LogP contribution in [0, 0.1) is 14.9 Å². The van der Waals surface area contributed by atoms with Crippen molar-refractivity contribution in [3.05, 3.63) is 14.9 Å². The summed E-state index contributed by atoms with van der Waals surface area (Å²) in [5.41, 5.74) is 0. The molecule has 0 bridgehead atoms. The second-order valence-electron chi connectivity index (χ2n) is 3.76. The Kier molecular flexibility index (Phi) is 19.6. The van der Waals surface area contributed by atoms with Gasteiger partial charge in [-0.2, -0.15) is 0 Å². The summed E-state index contributed by atoms with van der Waals surface area (Å²) in [6.07, 6.45) is 0. The average molecular weight is 162 g/mol. The van der Waals surface area contributed by atoms with Gasteiger partial charge in [0.15, 0.2) is 0 Å². The van der Waals surface area contributed by atoms with Gasteiger partial charge in [0.05, 0.1) is 28.2 Å². The molecule has 72 valence electrons. The molecule has 0 radical (unpaired) electrons. The fourth-order valence-corrected chi connectivity index (χ4v) is 0. The molecule has 0 saturated heterocycles. The Bertz CT molecular complexity index is 70.1. The number of hydrogen-bond acceptors (Lipinski definition) is 0. The third-order valence-electron chi connectivity index (χ3n) is 0. The molecule has 0 amide bonds. The molecule has 0 unspecified atom stereocenters. The molecule has 0 atom stereocenters. The van der Waals surface area contributed by atoms with Gasteiger partial charge in [-0.1, -0.05) is 0 Å². The molecule has 0 fully saturated rings. The molecule has 0 rings (SSSR count). The lowest BCUT2D eigenvalue weighted by Crippen LogP contribution is -2.27. The lowest BCUT2D eigenvalue weighted by molar-refractivity contribution is -0.849. The summed E-state index contributed by atoms with van der Waals surface area (Å²) in [5.74, 6) is 0. The molecule has 0 heterocycles. The van der Waals surface area contributed by atoms with E-state index in [1.165, 1.54) is 0 Å². The van der Waals surface area contributed by atoms with E-state index in [1.807, 2.05) is 14.1 Å². The summed E-state index contributed by atoms with van der Waals surface area (Å²) >= 11 is 0. The molecule has 2 heteroatoms. The largest absolute Gasteiger partial charge is 0.358 e. The van der Waals surface area contributed by atoms with Crippen LogP contribution < -0.4 is 0 Å². The van der Waals surface area contributed by atoms with Crippen LogP contribution in [0.1, 0.15) is 0 Å². The molecule has 0 spiro atoms. The molecule has 0 aliphatic heterocycles. The van der Waals surface area contributed by atoms with Crippen LogP contribution in [-0.2, 0) is 0 Å². The molecule has 0 aliphatic carbocycles. The second-order valence-corrected chi connectivity index (χ2v) is 3.76. The van der Waals surface area contributed by atoms with Crippen molar-refractivity contribution in [1.29, 1.82) is 0 Å². The van der Waals surface area contributed by atoms with Gasteiger partial charge in [0, 0.05) is 0 Å². The zero-order chi connectivity index (χ0) is 8.08. The highest BCUT2D eigenvalue weighted by molar-refractivity contribution is 5.13. The highest BCUT2D eigenvalue weighted by atomic mass is 15.2. The van der Waals surface area contributed by atoms with E-state index in [-0.39, 0.29) is 14.9 Å². The summed E-state index contributed by atoms with van der Waals surface area (Å²) in [4.78, 5) is 0. The van der Waals surface area contributed by atoms with Crippen molar-refractivity contribution < 1.29 is 9.06 Å². The van der Waals surface area contributed by atoms with E-state index in [4.69, 9.17) is 0 Å². The van der Waals surface area contributed by atoms with Gasteiger partial charge in [-0.3, -0.25) is 0 Å². The zero-order valence-electron chi connectivity index (χ0n) is 9.60. The third kappa shape index (κ3) is 4100. The highest BCUT2D eigenvalue weighted by Crippen LogP contribution is 1.73. The first-order chi connectivity index (χ1) is 3.73. The molecule has 0 aromatic carbocycles. The third-order valence-corrected chi connectivity index (χ3v) is 0. The Morgan fingerprint density at radius 2 is 0.909 bits per heavy atom. The van der Waals surface area contributed by atoms with Crippen LogP contribution in [0.3, 0.4) is 0 Å².